The second-order valence-electron chi connectivity index (χ2n) is 5.50. The average Bonchev–Trinajstić information content (AvgIpc) is 2.65. The minimum Gasteiger partial charge on any atom is -0.497 e. The van der Waals surface area contributed by atoms with E-state index in [1.165, 1.54) is 0 Å². The Bertz CT molecular complexity index is 1030. The third kappa shape index (κ3) is 2.57. The van der Waals surface area contributed by atoms with Gasteiger partial charge in [-0.25, -0.2) is 4.98 Å². The number of hydrogen-bond donors (Lipinski definition) is 0. The molecule has 4 aromatic rings. The molecular weight excluding hydrogens is 294 g/mol. The van der Waals surface area contributed by atoms with Crippen molar-refractivity contribution in [1.82, 2.24) is 4.98 Å². The Balaban J connectivity index is 1.92. The average molecular weight is 309 g/mol. The van der Waals surface area contributed by atoms with E-state index in [0.29, 0.717) is 0 Å². The third-order valence-electron chi connectivity index (χ3n) is 4.01. The summed E-state index contributed by atoms with van der Waals surface area (Å²) in [7, 11) is 1.66. The number of aromatic nitrogens is 1. The Kier molecular flexibility index (Phi) is 3.61. The molecule has 0 saturated carbocycles. The van der Waals surface area contributed by atoms with Crippen LogP contribution in [0, 0.1) is 11.8 Å². The van der Waals surface area contributed by atoms with Crippen LogP contribution < -0.4 is 4.74 Å². The maximum Gasteiger partial charge on any atom is 0.118 e. The van der Waals surface area contributed by atoms with Crippen LogP contribution in [0.2, 0.25) is 0 Å². The highest BCUT2D eigenvalue weighted by atomic mass is 16.5. The molecule has 3 aromatic carbocycles. The van der Waals surface area contributed by atoms with Crippen LogP contribution in [0.25, 0.3) is 21.8 Å². The van der Waals surface area contributed by atoms with E-state index < -0.39 is 0 Å². The number of para-hydroxylation sites is 2. The summed E-state index contributed by atoms with van der Waals surface area (Å²) in [5.41, 5.74) is 3.92. The molecule has 1 aromatic heterocycles. The molecule has 0 aliphatic rings. The van der Waals surface area contributed by atoms with Gasteiger partial charge in [0.15, 0.2) is 0 Å². The van der Waals surface area contributed by atoms with Gasteiger partial charge in [-0.05, 0) is 36.4 Å². The van der Waals surface area contributed by atoms with E-state index >= 15 is 0 Å². The molecule has 0 fully saturated rings. The van der Waals surface area contributed by atoms with Crippen LogP contribution in [0.15, 0.2) is 72.8 Å². The van der Waals surface area contributed by atoms with Gasteiger partial charge in [-0.3, -0.25) is 0 Å². The summed E-state index contributed by atoms with van der Waals surface area (Å²) < 4.78 is 5.19. The quantitative estimate of drug-likeness (QED) is 0.372. The number of ether oxygens (including phenoxy) is 1. The topological polar surface area (TPSA) is 22.1 Å². The molecule has 0 spiro atoms. The molecule has 4 rings (SSSR count). The normalized spacial score (nSPS) is 10.4. The molecule has 2 nitrogen and oxygen atoms in total. The fourth-order valence-electron chi connectivity index (χ4n) is 2.78. The SMILES string of the molecule is COc1ccc(C#Cc2c3ccccc3nc3ccccc23)cc1. The van der Waals surface area contributed by atoms with Gasteiger partial charge < -0.3 is 4.74 Å². The number of benzene rings is 3. The molecule has 0 aliphatic carbocycles. The van der Waals surface area contributed by atoms with Gasteiger partial charge in [-0.1, -0.05) is 48.2 Å². The first-order valence-corrected chi connectivity index (χ1v) is 7.79. The largest absolute Gasteiger partial charge is 0.497 e. The van der Waals surface area contributed by atoms with Gasteiger partial charge in [0.05, 0.1) is 18.1 Å². The first-order chi connectivity index (χ1) is 11.8. The van der Waals surface area contributed by atoms with E-state index in [2.05, 4.69) is 24.0 Å². The van der Waals surface area contributed by atoms with Crippen LogP contribution in [0.1, 0.15) is 11.1 Å². The van der Waals surface area contributed by atoms with Crippen molar-refractivity contribution in [2.45, 2.75) is 0 Å². The van der Waals surface area contributed by atoms with Crippen LogP contribution in [0.5, 0.6) is 5.75 Å². The summed E-state index contributed by atoms with van der Waals surface area (Å²) in [5, 5.41) is 2.16. The summed E-state index contributed by atoms with van der Waals surface area (Å²) in [6, 6.07) is 24.1. The minimum atomic E-state index is 0.834. The van der Waals surface area contributed by atoms with Gasteiger partial charge in [0, 0.05) is 21.9 Å². The van der Waals surface area contributed by atoms with Gasteiger partial charge in [0.1, 0.15) is 5.75 Å². The Morgan fingerprint density at radius 1 is 0.708 bits per heavy atom. The maximum atomic E-state index is 5.19. The van der Waals surface area contributed by atoms with Gasteiger partial charge >= 0.3 is 0 Å². The van der Waals surface area contributed by atoms with E-state index in [1.807, 2.05) is 60.7 Å². The van der Waals surface area contributed by atoms with Crippen molar-refractivity contribution in [2.75, 3.05) is 7.11 Å². The molecule has 24 heavy (non-hydrogen) atoms. The second kappa shape index (κ2) is 6.06. The van der Waals surface area contributed by atoms with Gasteiger partial charge in [0.25, 0.3) is 0 Å². The van der Waals surface area contributed by atoms with E-state index in [-0.39, 0.29) is 0 Å². The molecule has 2 heteroatoms. The van der Waals surface area contributed by atoms with Crippen LogP contribution in [0.4, 0.5) is 0 Å². The number of rotatable bonds is 1. The van der Waals surface area contributed by atoms with Crippen molar-refractivity contribution < 1.29 is 4.74 Å². The van der Waals surface area contributed by atoms with Crippen molar-refractivity contribution in [3.05, 3.63) is 83.9 Å². The van der Waals surface area contributed by atoms with E-state index in [1.54, 1.807) is 7.11 Å². The zero-order valence-electron chi connectivity index (χ0n) is 13.3. The van der Waals surface area contributed by atoms with Crippen molar-refractivity contribution in [1.29, 1.82) is 0 Å². The number of methoxy groups -OCH3 is 1. The van der Waals surface area contributed by atoms with Crippen LogP contribution in [-0.4, -0.2) is 12.1 Å². The van der Waals surface area contributed by atoms with E-state index in [9.17, 15) is 0 Å². The van der Waals surface area contributed by atoms with Gasteiger partial charge in [-0.2, -0.15) is 0 Å². The predicted octanol–water partition coefficient (Wildman–Crippen LogP) is 4.80. The zero-order chi connectivity index (χ0) is 16.4. The van der Waals surface area contributed by atoms with E-state index in [0.717, 1.165) is 38.7 Å². The van der Waals surface area contributed by atoms with Crippen molar-refractivity contribution in [3.63, 3.8) is 0 Å². The molecule has 0 aliphatic heterocycles. The Hall–Kier alpha value is -3.31. The van der Waals surface area contributed by atoms with Crippen LogP contribution in [0.3, 0.4) is 0 Å². The first-order valence-electron chi connectivity index (χ1n) is 7.79. The minimum absolute atomic E-state index is 0.834. The number of pyridine rings is 1. The number of fused-ring (bicyclic) bond motifs is 2. The zero-order valence-corrected chi connectivity index (χ0v) is 13.3. The molecule has 0 N–H and O–H groups in total. The Morgan fingerprint density at radius 2 is 1.29 bits per heavy atom. The van der Waals surface area contributed by atoms with Crippen LogP contribution >= 0.6 is 0 Å². The lowest BCUT2D eigenvalue weighted by Crippen LogP contribution is -1.88. The molecule has 114 valence electrons. The lowest BCUT2D eigenvalue weighted by atomic mass is 10.0. The summed E-state index contributed by atoms with van der Waals surface area (Å²) in [6.45, 7) is 0. The summed E-state index contributed by atoms with van der Waals surface area (Å²) in [6.07, 6.45) is 0. The molecule has 0 bridgehead atoms. The first kappa shape index (κ1) is 14.3. The van der Waals surface area contributed by atoms with Gasteiger partial charge in [-0.15, -0.1) is 0 Å². The predicted molar refractivity (Wildman–Crippen MR) is 98.2 cm³/mol. The Morgan fingerprint density at radius 3 is 1.88 bits per heavy atom. The number of hydrogen-bond acceptors (Lipinski definition) is 2. The summed E-state index contributed by atoms with van der Waals surface area (Å²) >= 11 is 0. The standard InChI is InChI=1S/C22H15NO/c1-24-17-13-10-16(11-14-17)12-15-18-19-6-2-4-8-21(19)23-22-9-5-3-7-20(18)22/h2-11,13-14H,1H3. The highest BCUT2D eigenvalue weighted by Crippen LogP contribution is 2.25. The number of nitrogens with zero attached hydrogens (tertiary/aromatic N) is 1. The third-order valence-corrected chi connectivity index (χ3v) is 4.01. The van der Waals surface area contributed by atoms with Gasteiger partial charge in [0.2, 0.25) is 0 Å². The summed E-state index contributed by atoms with van der Waals surface area (Å²) in [5.74, 6) is 7.45. The molecule has 0 unspecified atom stereocenters. The van der Waals surface area contributed by atoms with Crippen LogP contribution in [-0.2, 0) is 0 Å². The van der Waals surface area contributed by atoms with Crippen molar-refractivity contribution in [2.24, 2.45) is 0 Å². The lowest BCUT2D eigenvalue weighted by molar-refractivity contribution is 0.415. The smallest absolute Gasteiger partial charge is 0.118 e. The molecular formula is C22H15NO. The molecule has 1 heterocycles. The second-order valence-corrected chi connectivity index (χ2v) is 5.50. The molecule has 0 saturated heterocycles. The summed E-state index contributed by atoms with van der Waals surface area (Å²) in [4.78, 5) is 4.73. The monoisotopic (exact) mass is 309 g/mol. The maximum absolute atomic E-state index is 5.19. The van der Waals surface area contributed by atoms with Crippen molar-refractivity contribution >= 4 is 21.8 Å². The molecule has 0 radical (unpaired) electrons. The van der Waals surface area contributed by atoms with Crippen molar-refractivity contribution in [3.8, 4) is 17.6 Å². The fraction of sp³-hybridized carbons (Fsp3) is 0.0455. The highest BCUT2D eigenvalue weighted by molar-refractivity contribution is 6.00. The lowest BCUT2D eigenvalue weighted by Gasteiger charge is -2.05. The fourth-order valence-corrected chi connectivity index (χ4v) is 2.78. The Labute approximate surface area is 140 Å². The molecule has 0 amide bonds. The molecule has 0 atom stereocenters. The highest BCUT2D eigenvalue weighted by Gasteiger charge is 2.06. The van der Waals surface area contributed by atoms with E-state index in [4.69, 9.17) is 9.72 Å².